The summed E-state index contributed by atoms with van der Waals surface area (Å²) in [5, 5.41) is 9.02. The second-order valence-electron chi connectivity index (χ2n) is 5.13. The Kier molecular flexibility index (Phi) is 1.97. The van der Waals surface area contributed by atoms with Crippen LogP contribution in [0.25, 0.3) is 0 Å². The molecule has 4 atom stereocenters. The smallest absolute Gasteiger partial charge is 0.0695 e. The third-order valence-electron chi connectivity index (χ3n) is 4.38. The lowest BCUT2D eigenvalue weighted by atomic mass is 9.67. The molecule has 13 heavy (non-hydrogen) atoms. The SMILES string of the molecule is CC1C(CCO)C2(C)CCC1(C)O2. The van der Waals surface area contributed by atoms with Crippen LogP contribution in [0.5, 0.6) is 0 Å². The van der Waals surface area contributed by atoms with E-state index in [0.717, 1.165) is 6.42 Å². The number of aliphatic hydroxyl groups excluding tert-OH is 1. The molecule has 2 rings (SSSR count). The first-order valence-electron chi connectivity index (χ1n) is 5.33. The first kappa shape index (κ1) is 9.47. The maximum absolute atomic E-state index is 9.02. The molecule has 0 aliphatic carbocycles. The lowest BCUT2D eigenvalue weighted by Crippen LogP contribution is -2.37. The van der Waals surface area contributed by atoms with Crippen LogP contribution in [-0.4, -0.2) is 22.9 Å². The van der Waals surface area contributed by atoms with Gasteiger partial charge in [-0.2, -0.15) is 0 Å². The number of ether oxygens (including phenoxy) is 1. The van der Waals surface area contributed by atoms with Crippen LogP contribution in [0.2, 0.25) is 0 Å². The quantitative estimate of drug-likeness (QED) is 0.711. The van der Waals surface area contributed by atoms with Gasteiger partial charge < -0.3 is 9.84 Å². The van der Waals surface area contributed by atoms with Gasteiger partial charge in [-0.25, -0.2) is 0 Å². The summed E-state index contributed by atoms with van der Waals surface area (Å²) in [6.45, 7) is 7.00. The van der Waals surface area contributed by atoms with E-state index >= 15 is 0 Å². The Morgan fingerprint density at radius 1 is 1.31 bits per heavy atom. The first-order valence-corrected chi connectivity index (χ1v) is 5.33. The van der Waals surface area contributed by atoms with Gasteiger partial charge in [0.05, 0.1) is 11.2 Å². The highest BCUT2D eigenvalue weighted by Crippen LogP contribution is 2.57. The predicted octanol–water partition coefficient (Wildman–Crippen LogP) is 1.96. The van der Waals surface area contributed by atoms with Crippen LogP contribution in [0.1, 0.15) is 40.0 Å². The zero-order valence-electron chi connectivity index (χ0n) is 8.84. The summed E-state index contributed by atoms with van der Waals surface area (Å²) in [5.74, 6) is 1.15. The van der Waals surface area contributed by atoms with Crippen molar-refractivity contribution in [2.45, 2.75) is 51.2 Å². The average Bonchev–Trinajstić information content (AvgIpc) is 2.46. The van der Waals surface area contributed by atoms with E-state index in [1.165, 1.54) is 12.8 Å². The van der Waals surface area contributed by atoms with E-state index in [9.17, 15) is 0 Å². The van der Waals surface area contributed by atoms with Gasteiger partial charge in [0.25, 0.3) is 0 Å². The fraction of sp³-hybridized carbons (Fsp3) is 1.00. The molecule has 0 radical (unpaired) electrons. The largest absolute Gasteiger partial charge is 0.396 e. The number of aliphatic hydroxyl groups is 1. The molecule has 76 valence electrons. The fourth-order valence-corrected chi connectivity index (χ4v) is 3.36. The fourth-order valence-electron chi connectivity index (χ4n) is 3.36. The minimum absolute atomic E-state index is 0.0525. The molecule has 2 fully saturated rings. The molecule has 2 aliphatic rings. The average molecular weight is 184 g/mol. The summed E-state index contributed by atoms with van der Waals surface area (Å²) in [6.07, 6.45) is 3.25. The molecule has 2 aliphatic heterocycles. The Morgan fingerprint density at radius 3 is 2.38 bits per heavy atom. The first-order chi connectivity index (χ1) is 6.02. The van der Waals surface area contributed by atoms with Crippen molar-refractivity contribution in [2.24, 2.45) is 11.8 Å². The second kappa shape index (κ2) is 2.71. The van der Waals surface area contributed by atoms with Gasteiger partial charge in [-0.05, 0) is 44.9 Å². The van der Waals surface area contributed by atoms with Crippen molar-refractivity contribution in [1.29, 1.82) is 0 Å². The van der Waals surface area contributed by atoms with Crippen molar-refractivity contribution in [3.8, 4) is 0 Å². The van der Waals surface area contributed by atoms with E-state index in [1.54, 1.807) is 0 Å². The number of rotatable bonds is 2. The van der Waals surface area contributed by atoms with Gasteiger partial charge in [0.15, 0.2) is 0 Å². The zero-order valence-corrected chi connectivity index (χ0v) is 8.84. The summed E-state index contributed by atoms with van der Waals surface area (Å²) in [7, 11) is 0. The van der Waals surface area contributed by atoms with E-state index < -0.39 is 0 Å². The molecule has 0 aromatic heterocycles. The van der Waals surface area contributed by atoms with Gasteiger partial charge in [-0.15, -0.1) is 0 Å². The van der Waals surface area contributed by atoms with Crippen LogP contribution in [0.4, 0.5) is 0 Å². The second-order valence-corrected chi connectivity index (χ2v) is 5.13. The Morgan fingerprint density at radius 2 is 1.92 bits per heavy atom. The third-order valence-corrected chi connectivity index (χ3v) is 4.38. The predicted molar refractivity (Wildman–Crippen MR) is 51.5 cm³/mol. The molecule has 0 aromatic rings. The van der Waals surface area contributed by atoms with Gasteiger partial charge in [0.1, 0.15) is 0 Å². The maximum Gasteiger partial charge on any atom is 0.0695 e. The summed E-state index contributed by atoms with van der Waals surface area (Å²) in [5.41, 5.74) is 0.144. The minimum Gasteiger partial charge on any atom is -0.396 e. The Bertz CT molecular complexity index is 216. The van der Waals surface area contributed by atoms with Gasteiger partial charge in [-0.1, -0.05) is 6.92 Å². The van der Waals surface area contributed by atoms with Crippen molar-refractivity contribution >= 4 is 0 Å². The van der Waals surface area contributed by atoms with Crippen LogP contribution >= 0.6 is 0 Å². The molecule has 2 saturated heterocycles. The Balaban J connectivity index is 2.21. The number of hydrogen-bond acceptors (Lipinski definition) is 2. The summed E-state index contributed by atoms with van der Waals surface area (Å²) >= 11 is 0. The third kappa shape index (κ3) is 1.15. The van der Waals surface area contributed by atoms with E-state index in [1.807, 2.05) is 0 Å². The molecule has 2 nitrogen and oxygen atoms in total. The van der Waals surface area contributed by atoms with Crippen LogP contribution in [0, 0.1) is 11.8 Å². The minimum atomic E-state index is 0.0525. The number of hydrogen-bond donors (Lipinski definition) is 1. The van der Waals surface area contributed by atoms with Gasteiger partial charge in [-0.3, -0.25) is 0 Å². The Labute approximate surface area is 80.3 Å². The molecule has 2 heteroatoms. The number of fused-ring (bicyclic) bond motifs is 2. The van der Waals surface area contributed by atoms with Gasteiger partial charge in [0.2, 0.25) is 0 Å². The molecule has 0 amide bonds. The van der Waals surface area contributed by atoms with Crippen LogP contribution in [-0.2, 0) is 4.74 Å². The summed E-state index contributed by atoms with van der Waals surface area (Å²) in [6, 6.07) is 0. The molecule has 0 saturated carbocycles. The molecule has 2 bridgehead atoms. The van der Waals surface area contributed by atoms with Crippen molar-refractivity contribution in [3.05, 3.63) is 0 Å². The maximum atomic E-state index is 9.02. The van der Waals surface area contributed by atoms with Crippen LogP contribution in [0.15, 0.2) is 0 Å². The van der Waals surface area contributed by atoms with E-state index in [0.29, 0.717) is 18.4 Å². The molecule has 2 heterocycles. The lowest BCUT2D eigenvalue weighted by molar-refractivity contribution is -0.0437. The molecule has 4 unspecified atom stereocenters. The highest BCUT2D eigenvalue weighted by Gasteiger charge is 2.60. The molecular weight excluding hydrogens is 164 g/mol. The van der Waals surface area contributed by atoms with E-state index in [4.69, 9.17) is 9.84 Å². The van der Waals surface area contributed by atoms with E-state index in [2.05, 4.69) is 20.8 Å². The summed E-state index contributed by atoms with van der Waals surface area (Å²) < 4.78 is 6.11. The van der Waals surface area contributed by atoms with Crippen LogP contribution < -0.4 is 0 Å². The van der Waals surface area contributed by atoms with E-state index in [-0.39, 0.29) is 11.2 Å². The molecule has 1 N–H and O–H groups in total. The van der Waals surface area contributed by atoms with Crippen molar-refractivity contribution in [1.82, 2.24) is 0 Å². The zero-order chi connectivity index (χ0) is 9.69. The Hall–Kier alpha value is -0.0800. The topological polar surface area (TPSA) is 29.5 Å². The van der Waals surface area contributed by atoms with Gasteiger partial charge >= 0.3 is 0 Å². The van der Waals surface area contributed by atoms with Gasteiger partial charge in [0, 0.05) is 6.61 Å². The monoisotopic (exact) mass is 184 g/mol. The molecule has 0 spiro atoms. The highest BCUT2D eigenvalue weighted by atomic mass is 16.5. The van der Waals surface area contributed by atoms with Crippen molar-refractivity contribution < 1.29 is 9.84 Å². The van der Waals surface area contributed by atoms with Crippen molar-refractivity contribution in [2.75, 3.05) is 6.61 Å². The standard InChI is InChI=1S/C11H20O2/c1-8-9(4-7-12)11(3)6-5-10(8,2)13-11/h8-9,12H,4-7H2,1-3H3. The lowest BCUT2D eigenvalue weighted by Gasteiger charge is -2.34. The van der Waals surface area contributed by atoms with Crippen molar-refractivity contribution in [3.63, 3.8) is 0 Å². The summed E-state index contributed by atoms with van der Waals surface area (Å²) in [4.78, 5) is 0. The molecule has 0 aromatic carbocycles. The normalized spacial score (nSPS) is 54.5. The highest BCUT2D eigenvalue weighted by molar-refractivity contribution is 5.09. The van der Waals surface area contributed by atoms with Crippen LogP contribution in [0.3, 0.4) is 0 Å². The molecular formula is C11H20O2.